The quantitative estimate of drug-likeness (QED) is 0.0822. The Morgan fingerprint density at radius 1 is 0.760 bits per heavy atom. The number of carbonyl (C=O) groups is 4. The maximum Gasteiger partial charge on any atom is 0.373 e. The normalized spacial score (nSPS) is 10.2. The summed E-state index contributed by atoms with van der Waals surface area (Å²) >= 11 is 1.33. The lowest BCUT2D eigenvalue weighted by atomic mass is 10.00. The standard InChI is InChI=1S/C17H22N2O4S.C14H18N2O4.2CO2/c1-10(2)8-15(20)16(12(4)24-5)17(21)18-14-9-13(19(22)23)7-6-11(14)3;1-9(2)6-12(17)8-14(18)15-13-7-11(16(19)20)5-4-10(13)3;2*2-1-3/h6-7,9-10H,8H2,1-5H3,(H,18,21);4-5,7,9H,6,8H2,1-3H3,(H,15,18);;/b16-12+;;;. The number of benzene rings is 2. The van der Waals surface area contributed by atoms with E-state index in [1.54, 1.807) is 39.2 Å². The molecule has 0 aromatic heterocycles. The highest BCUT2D eigenvalue weighted by Gasteiger charge is 2.23. The number of nitrogens with one attached hydrogen (secondary N) is 2. The molecule has 2 aromatic rings. The summed E-state index contributed by atoms with van der Waals surface area (Å²) in [5.74, 6) is -1.00. The Bertz CT molecular complexity index is 1630. The summed E-state index contributed by atoms with van der Waals surface area (Å²) in [6, 6.07) is 8.46. The van der Waals surface area contributed by atoms with Crippen molar-refractivity contribution in [3.05, 3.63) is 78.2 Å². The predicted octanol–water partition coefficient (Wildman–Crippen LogP) is 5.77. The molecule has 2 amide bonds. The fourth-order valence-electron chi connectivity index (χ4n) is 3.86. The first-order valence-corrected chi connectivity index (χ1v) is 15.9. The average molecular weight is 717 g/mol. The molecular formula is C33H40N4O12S. The molecule has 2 aromatic carbocycles. The van der Waals surface area contributed by atoms with Gasteiger partial charge in [-0.2, -0.15) is 19.2 Å². The van der Waals surface area contributed by atoms with Crippen LogP contribution in [0, 0.1) is 45.9 Å². The van der Waals surface area contributed by atoms with Crippen LogP contribution in [0.5, 0.6) is 0 Å². The fourth-order valence-corrected chi connectivity index (χ4v) is 4.27. The second-order valence-corrected chi connectivity index (χ2v) is 12.2. The average Bonchev–Trinajstić information content (AvgIpc) is 2.99. The maximum atomic E-state index is 12.6. The number of ketones is 2. The van der Waals surface area contributed by atoms with Gasteiger partial charge in [0.2, 0.25) is 5.91 Å². The van der Waals surface area contributed by atoms with Crippen molar-refractivity contribution in [2.75, 3.05) is 16.9 Å². The Kier molecular flexibility index (Phi) is 22.8. The molecule has 0 aliphatic carbocycles. The molecule has 17 heteroatoms. The van der Waals surface area contributed by atoms with Crippen LogP contribution in [0.25, 0.3) is 0 Å². The van der Waals surface area contributed by atoms with E-state index in [9.17, 15) is 39.4 Å². The number of allylic oxidation sites excluding steroid dienone is 1. The molecule has 2 rings (SSSR count). The third-order valence-corrected chi connectivity index (χ3v) is 6.95. The lowest BCUT2D eigenvalue weighted by Crippen LogP contribution is -2.23. The van der Waals surface area contributed by atoms with Crippen LogP contribution in [0.3, 0.4) is 0 Å². The predicted molar refractivity (Wildman–Crippen MR) is 183 cm³/mol. The van der Waals surface area contributed by atoms with Gasteiger partial charge in [-0.1, -0.05) is 39.8 Å². The van der Waals surface area contributed by atoms with Gasteiger partial charge in [-0.15, -0.1) is 11.8 Å². The topological polar surface area (TPSA) is 247 Å². The van der Waals surface area contributed by atoms with Crippen molar-refractivity contribution in [3.63, 3.8) is 0 Å². The van der Waals surface area contributed by atoms with Gasteiger partial charge >= 0.3 is 12.3 Å². The molecule has 0 saturated heterocycles. The van der Waals surface area contributed by atoms with Crippen molar-refractivity contribution in [2.24, 2.45) is 11.8 Å². The van der Waals surface area contributed by atoms with Crippen molar-refractivity contribution < 1.29 is 48.2 Å². The Morgan fingerprint density at radius 3 is 1.52 bits per heavy atom. The first-order valence-electron chi connectivity index (χ1n) is 14.7. The third-order valence-electron chi connectivity index (χ3n) is 6.14. The minimum atomic E-state index is -0.531. The van der Waals surface area contributed by atoms with Crippen molar-refractivity contribution in [3.8, 4) is 0 Å². The van der Waals surface area contributed by atoms with E-state index in [1.807, 2.05) is 27.7 Å². The second-order valence-electron chi connectivity index (χ2n) is 11.2. The molecule has 0 atom stereocenters. The molecule has 2 N–H and O–H groups in total. The van der Waals surface area contributed by atoms with Gasteiger partial charge in [0.1, 0.15) is 5.78 Å². The summed E-state index contributed by atoms with van der Waals surface area (Å²) in [7, 11) is 0. The van der Waals surface area contributed by atoms with E-state index in [0.29, 0.717) is 33.8 Å². The van der Waals surface area contributed by atoms with Crippen molar-refractivity contribution in [2.45, 2.75) is 67.7 Å². The van der Waals surface area contributed by atoms with Crippen LogP contribution < -0.4 is 10.6 Å². The number of nitro groups is 2. The second kappa shape index (κ2) is 24.5. The van der Waals surface area contributed by atoms with E-state index < -0.39 is 21.7 Å². The number of hydrogen-bond acceptors (Lipinski definition) is 13. The number of rotatable bonds is 13. The number of carbonyl (C=O) groups excluding carboxylic acids is 8. The molecule has 0 spiro atoms. The van der Waals surface area contributed by atoms with E-state index >= 15 is 0 Å². The van der Waals surface area contributed by atoms with Crippen LogP contribution in [0.2, 0.25) is 0 Å². The first-order chi connectivity index (χ1) is 23.3. The van der Waals surface area contributed by atoms with Gasteiger partial charge in [0, 0.05) is 37.1 Å². The number of amides is 2. The van der Waals surface area contributed by atoms with Gasteiger partial charge in [0.05, 0.1) is 33.2 Å². The molecule has 16 nitrogen and oxygen atoms in total. The highest BCUT2D eigenvalue weighted by Crippen LogP contribution is 2.25. The Morgan fingerprint density at radius 2 is 1.16 bits per heavy atom. The molecule has 0 bridgehead atoms. The summed E-state index contributed by atoms with van der Waals surface area (Å²) in [5.41, 5.74) is 1.99. The van der Waals surface area contributed by atoms with Crippen LogP contribution in [0.1, 0.15) is 65.0 Å². The first kappa shape index (κ1) is 46.5. The monoisotopic (exact) mass is 716 g/mol. The number of nitrogens with zero attached hydrogens (tertiary/aromatic N) is 2. The smallest absolute Gasteiger partial charge is 0.325 e. The summed E-state index contributed by atoms with van der Waals surface area (Å²) in [4.78, 5) is 102. The van der Waals surface area contributed by atoms with E-state index in [-0.39, 0.29) is 65.5 Å². The molecule has 0 saturated carbocycles. The fraction of sp³-hybridized carbons (Fsp3) is 0.394. The molecular weight excluding hydrogens is 676 g/mol. The Hall–Kier alpha value is -5.63. The highest BCUT2D eigenvalue weighted by molar-refractivity contribution is 8.02. The van der Waals surface area contributed by atoms with E-state index in [1.165, 1.54) is 36.0 Å². The summed E-state index contributed by atoms with van der Waals surface area (Å²) in [5, 5.41) is 26.8. The summed E-state index contributed by atoms with van der Waals surface area (Å²) in [6.45, 7) is 12.8. The van der Waals surface area contributed by atoms with Gasteiger partial charge in [0.15, 0.2) is 5.78 Å². The van der Waals surface area contributed by atoms with E-state index in [2.05, 4.69) is 10.6 Å². The zero-order valence-electron chi connectivity index (χ0n) is 28.9. The lowest BCUT2D eigenvalue weighted by Gasteiger charge is -2.13. The molecule has 50 heavy (non-hydrogen) atoms. The number of anilines is 2. The molecule has 0 unspecified atom stereocenters. The van der Waals surface area contributed by atoms with E-state index in [0.717, 1.165) is 0 Å². The molecule has 0 aliphatic rings. The number of hydrogen-bond donors (Lipinski definition) is 2. The SMILES string of the molecule is CS/C(C)=C(\C(=O)CC(C)C)C(=O)Nc1cc([N+](=O)[O-])ccc1C.Cc1ccc([N+](=O)[O-])cc1NC(=O)CC(=O)CC(C)C.O=C=O.O=C=O. The maximum absolute atomic E-state index is 12.6. The molecule has 270 valence electrons. The van der Waals surface area contributed by atoms with Crippen LogP contribution in [-0.4, -0.2) is 51.8 Å². The number of aryl methyl sites for hydroxylation is 2. The lowest BCUT2D eigenvalue weighted by molar-refractivity contribution is -0.385. The number of nitro benzene ring substituents is 2. The van der Waals surface area contributed by atoms with Gasteiger partial charge < -0.3 is 10.6 Å². The highest BCUT2D eigenvalue weighted by atomic mass is 32.2. The number of Topliss-reactive ketones (excluding diaryl/α,β-unsaturated/α-hetero) is 2. The van der Waals surface area contributed by atoms with Gasteiger partial charge in [-0.25, -0.2) is 0 Å². The number of non-ortho nitro benzene ring substituents is 2. The minimum absolute atomic E-state index is 0.0978. The zero-order valence-corrected chi connectivity index (χ0v) is 29.8. The van der Waals surface area contributed by atoms with Crippen molar-refractivity contribution in [1.82, 2.24) is 0 Å². The summed E-state index contributed by atoms with van der Waals surface area (Å²) < 4.78 is 0. The third kappa shape index (κ3) is 18.6. The Labute approximate surface area is 292 Å². The molecule has 0 heterocycles. The number of thioether (sulfide) groups is 1. The van der Waals surface area contributed by atoms with Crippen LogP contribution in [0.15, 0.2) is 46.9 Å². The molecule has 0 aliphatic heterocycles. The van der Waals surface area contributed by atoms with Crippen molar-refractivity contribution in [1.29, 1.82) is 0 Å². The van der Waals surface area contributed by atoms with Crippen LogP contribution in [0.4, 0.5) is 22.7 Å². The van der Waals surface area contributed by atoms with Crippen LogP contribution in [-0.2, 0) is 38.4 Å². The largest absolute Gasteiger partial charge is 0.373 e. The van der Waals surface area contributed by atoms with Crippen LogP contribution >= 0.6 is 11.8 Å². The van der Waals surface area contributed by atoms with Gasteiger partial charge in [0.25, 0.3) is 17.3 Å². The minimum Gasteiger partial charge on any atom is -0.325 e. The van der Waals surface area contributed by atoms with Gasteiger partial charge in [-0.3, -0.25) is 39.4 Å². The van der Waals surface area contributed by atoms with Crippen molar-refractivity contribution >= 4 is 70.2 Å². The molecule has 0 fully saturated rings. The van der Waals surface area contributed by atoms with E-state index in [4.69, 9.17) is 19.2 Å². The summed E-state index contributed by atoms with van der Waals surface area (Å²) in [6.07, 6.45) is 2.71. The van der Waals surface area contributed by atoms with Gasteiger partial charge in [-0.05, 0) is 54.9 Å². The molecule has 0 radical (unpaired) electrons. The zero-order chi connectivity index (χ0) is 39.1. The Balaban J connectivity index is 0.